The molecular formula is C16H18FNO2S. The topological polar surface area (TPSA) is 46.2 Å². The fraction of sp³-hybridized carbons (Fsp3) is 0.250. The molecule has 0 radical (unpaired) electrons. The number of sulfonamides is 1. The number of halogens is 1. The van der Waals surface area contributed by atoms with Gasteiger partial charge in [-0.2, -0.15) is 0 Å². The first kappa shape index (κ1) is 15.7. The first-order chi connectivity index (χ1) is 9.92. The van der Waals surface area contributed by atoms with E-state index in [1.807, 2.05) is 24.3 Å². The van der Waals surface area contributed by atoms with Crippen LogP contribution in [-0.4, -0.2) is 8.42 Å². The molecule has 3 nitrogen and oxygen atoms in total. The third-order valence-corrected chi connectivity index (χ3v) is 4.86. The highest BCUT2D eigenvalue weighted by Crippen LogP contribution is 2.18. The van der Waals surface area contributed by atoms with Crippen molar-refractivity contribution in [1.29, 1.82) is 0 Å². The number of nitrogens with one attached hydrogen (secondary N) is 1. The Labute approximate surface area is 124 Å². The summed E-state index contributed by atoms with van der Waals surface area (Å²) < 4.78 is 40.1. The Morgan fingerprint density at radius 3 is 2.38 bits per heavy atom. The van der Waals surface area contributed by atoms with Gasteiger partial charge in [-0.05, 0) is 42.7 Å². The summed E-state index contributed by atoms with van der Waals surface area (Å²) >= 11 is 0. The quantitative estimate of drug-likeness (QED) is 0.920. The van der Waals surface area contributed by atoms with Crippen molar-refractivity contribution in [1.82, 2.24) is 4.72 Å². The van der Waals surface area contributed by atoms with Gasteiger partial charge in [0, 0.05) is 6.04 Å². The summed E-state index contributed by atoms with van der Waals surface area (Å²) in [4.78, 5) is -0.0699. The normalized spacial score (nSPS) is 13.1. The molecule has 21 heavy (non-hydrogen) atoms. The van der Waals surface area contributed by atoms with E-state index >= 15 is 0 Å². The molecule has 1 N–H and O–H groups in total. The summed E-state index contributed by atoms with van der Waals surface area (Å²) in [5, 5.41) is 0. The second-order valence-corrected chi connectivity index (χ2v) is 6.61. The Balaban J connectivity index is 2.19. The summed E-state index contributed by atoms with van der Waals surface area (Å²) in [6.45, 7) is 3.82. The highest BCUT2D eigenvalue weighted by molar-refractivity contribution is 7.89. The van der Waals surface area contributed by atoms with E-state index in [-0.39, 0.29) is 10.9 Å². The zero-order chi connectivity index (χ0) is 15.5. The maximum Gasteiger partial charge on any atom is 0.241 e. The molecule has 0 aliphatic carbocycles. The summed E-state index contributed by atoms with van der Waals surface area (Å²) in [5.74, 6) is -0.571. The number of hydrogen-bond acceptors (Lipinski definition) is 2. The van der Waals surface area contributed by atoms with Crippen LogP contribution in [0.5, 0.6) is 0 Å². The summed E-state index contributed by atoms with van der Waals surface area (Å²) in [6.07, 6.45) is 0.934. The van der Waals surface area contributed by atoms with Crippen LogP contribution in [0.4, 0.5) is 4.39 Å². The fourth-order valence-corrected chi connectivity index (χ4v) is 3.31. The first-order valence-electron chi connectivity index (χ1n) is 6.79. The van der Waals surface area contributed by atoms with Crippen LogP contribution in [0.15, 0.2) is 53.4 Å². The molecule has 0 fully saturated rings. The Hall–Kier alpha value is -1.72. The van der Waals surface area contributed by atoms with Gasteiger partial charge in [-0.3, -0.25) is 0 Å². The molecule has 2 aromatic rings. The van der Waals surface area contributed by atoms with Crippen LogP contribution < -0.4 is 4.72 Å². The summed E-state index contributed by atoms with van der Waals surface area (Å²) in [6, 6.07) is 12.3. The van der Waals surface area contributed by atoms with Gasteiger partial charge in [0.1, 0.15) is 5.82 Å². The molecule has 0 spiro atoms. The fourth-order valence-electron chi connectivity index (χ4n) is 2.04. The van der Waals surface area contributed by atoms with E-state index in [4.69, 9.17) is 0 Å². The van der Waals surface area contributed by atoms with Gasteiger partial charge in [-0.25, -0.2) is 17.5 Å². The monoisotopic (exact) mass is 307 g/mol. The van der Waals surface area contributed by atoms with E-state index in [9.17, 15) is 12.8 Å². The predicted molar refractivity (Wildman–Crippen MR) is 81.0 cm³/mol. The largest absolute Gasteiger partial charge is 0.241 e. The lowest BCUT2D eigenvalue weighted by molar-refractivity contribution is 0.564. The maximum absolute atomic E-state index is 13.1. The van der Waals surface area contributed by atoms with Crippen molar-refractivity contribution in [3.8, 4) is 0 Å². The Kier molecular flexibility index (Phi) is 4.75. The van der Waals surface area contributed by atoms with Gasteiger partial charge in [0.05, 0.1) is 4.90 Å². The molecule has 2 aromatic carbocycles. The molecule has 2 rings (SSSR count). The van der Waals surface area contributed by atoms with Crippen molar-refractivity contribution in [3.63, 3.8) is 0 Å². The molecule has 0 aliphatic heterocycles. The Bertz CT molecular complexity index is 711. The minimum absolute atomic E-state index is 0.0699. The second-order valence-electron chi connectivity index (χ2n) is 4.90. The molecule has 0 saturated heterocycles. The third-order valence-electron chi connectivity index (χ3n) is 3.33. The van der Waals surface area contributed by atoms with Crippen molar-refractivity contribution in [2.24, 2.45) is 0 Å². The average Bonchev–Trinajstić information content (AvgIpc) is 2.47. The molecule has 0 aliphatic rings. The number of hydrogen-bond donors (Lipinski definition) is 1. The molecule has 1 atom stereocenters. The minimum Gasteiger partial charge on any atom is -0.207 e. The molecule has 0 bridgehead atoms. The number of benzene rings is 2. The molecule has 0 amide bonds. The molecule has 0 saturated carbocycles. The Morgan fingerprint density at radius 1 is 1.14 bits per heavy atom. The third kappa shape index (κ3) is 3.89. The molecule has 112 valence electrons. The van der Waals surface area contributed by atoms with Gasteiger partial charge >= 0.3 is 0 Å². The van der Waals surface area contributed by atoms with Crippen molar-refractivity contribution in [3.05, 3.63) is 65.5 Å². The van der Waals surface area contributed by atoms with E-state index in [2.05, 4.69) is 11.6 Å². The minimum atomic E-state index is -3.74. The number of rotatable bonds is 5. The summed E-state index contributed by atoms with van der Waals surface area (Å²) in [7, 11) is -3.74. The van der Waals surface area contributed by atoms with Crippen LogP contribution in [0.25, 0.3) is 0 Å². The number of aryl methyl sites for hydroxylation is 1. The molecular weight excluding hydrogens is 289 g/mol. The van der Waals surface area contributed by atoms with E-state index in [1.165, 1.54) is 23.8 Å². The zero-order valence-corrected chi connectivity index (χ0v) is 12.8. The van der Waals surface area contributed by atoms with Crippen molar-refractivity contribution in [2.45, 2.75) is 31.2 Å². The maximum atomic E-state index is 13.1. The van der Waals surface area contributed by atoms with Crippen LogP contribution in [0.1, 0.15) is 31.0 Å². The van der Waals surface area contributed by atoms with Gasteiger partial charge in [-0.1, -0.05) is 37.3 Å². The molecule has 1 unspecified atom stereocenters. The van der Waals surface area contributed by atoms with Crippen LogP contribution in [0, 0.1) is 5.82 Å². The van der Waals surface area contributed by atoms with Crippen LogP contribution in [0.2, 0.25) is 0 Å². The lowest BCUT2D eigenvalue weighted by atomic mass is 10.1. The van der Waals surface area contributed by atoms with E-state index in [0.29, 0.717) is 0 Å². The Morgan fingerprint density at radius 2 is 1.81 bits per heavy atom. The predicted octanol–water partition coefficient (Wildman–Crippen LogP) is 3.43. The summed E-state index contributed by atoms with van der Waals surface area (Å²) in [5.41, 5.74) is 2.06. The van der Waals surface area contributed by atoms with Gasteiger partial charge in [0.15, 0.2) is 0 Å². The van der Waals surface area contributed by atoms with Crippen molar-refractivity contribution in [2.75, 3.05) is 0 Å². The molecule has 0 heterocycles. The van der Waals surface area contributed by atoms with Gasteiger partial charge < -0.3 is 0 Å². The van der Waals surface area contributed by atoms with Gasteiger partial charge in [0.2, 0.25) is 10.0 Å². The molecule has 0 aromatic heterocycles. The second kappa shape index (κ2) is 6.37. The van der Waals surface area contributed by atoms with Gasteiger partial charge in [-0.15, -0.1) is 0 Å². The van der Waals surface area contributed by atoms with Crippen LogP contribution in [0.3, 0.4) is 0 Å². The van der Waals surface area contributed by atoms with Crippen LogP contribution >= 0.6 is 0 Å². The SMILES string of the molecule is CCc1ccc(C(C)NS(=O)(=O)c2cccc(F)c2)cc1. The average molecular weight is 307 g/mol. The van der Waals surface area contributed by atoms with E-state index in [0.717, 1.165) is 18.1 Å². The smallest absolute Gasteiger partial charge is 0.207 e. The first-order valence-corrected chi connectivity index (χ1v) is 8.27. The zero-order valence-electron chi connectivity index (χ0n) is 12.0. The lowest BCUT2D eigenvalue weighted by Crippen LogP contribution is -2.27. The van der Waals surface area contributed by atoms with Gasteiger partial charge in [0.25, 0.3) is 0 Å². The van der Waals surface area contributed by atoms with Crippen LogP contribution in [-0.2, 0) is 16.4 Å². The lowest BCUT2D eigenvalue weighted by Gasteiger charge is -2.15. The van der Waals surface area contributed by atoms with Crippen molar-refractivity contribution >= 4 is 10.0 Å². The van der Waals surface area contributed by atoms with E-state index in [1.54, 1.807) is 6.92 Å². The standard InChI is InChI=1S/C16H18FNO2S/c1-3-13-7-9-14(10-8-13)12(2)18-21(19,20)16-6-4-5-15(17)11-16/h4-12,18H,3H2,1-2H3. The van der Waals surface area contributed by atoms with Crippen molar-refractivity contribution < 1.29 is 12.8 Å². The van der Waals surface area contributed by atoms with E-state index < -0.39 is 15.8 Å². The highest BCUT2D eigenvalue weighted by atomic mass is 32.2. The highest BCUT2D eigenvalue weighted by Gasteiger charge is 2.18. The molecule has 5 heteroatoms.